The summed E-state index contributed by atoms with van der Waals surface area (Å²) in [6.45, 7) is 5.89. The summed E-state index contributed by atoms with van der Waals surface area (Å²) in [6.07, 6.45) is 0. The first kappa shape index (κ1) is 15.5. The fourth-order valence-electron chi connectivity index (χ4n) is 1.88. The maximum Gasteiger partial charge on any atom is 0.146 e. The summed E-state index contributed by atoms with van der Waals surface area (Å²) < 4.78 is 13.8. The number of hydrogen-bond acceptors (Lipinski definition) is 4. The minimum Gasteiger partial charge on any atom is -0.373 e. The van der Waals surface area contributed by atoms with Crippen LogP contribution in [0.25, 0.3) is 0 Å². The standard InChI is InChI=1S/C15H18ClFN4/c1-8(2)13-20-14(18-4)9(3)15(21-13)19-12-7-10(16)5-6-11(12)17/h5-8H,1-4H3,(H2,18,19,20,21). The molecule has 0 saturated carbocycles. The van der Waals surface area contributed by atoms with Crippen molar-refractivity contribution in [3.05, 3.63) is 40.4 Å². The van der Waals surface area contributed by atoms with Crippen LogP contribution < -0.4 is 10.6 Å². The Morgan fingerprint density at radius 2 is 1.86 bits per heavy atom. The largest absolute Gasteiger partial charge is 0.373 e. The SMILES string of the molecule is CNc1nc(C(C)C)nc(Nc2cc(Cl)ccc2F)c1C. The molecule has 0 bridgehead atoms. The third-order valence-electron chi connectivity index (χ3n) is 3.10. The van der Waals surface area contributed by atoms with Gasteiger partial charge >= 0.3 is 0 Å². The summed E-state index contributed by atoms with van der Waals surface area (Å²) in [5, 5.41) is 6.49. The van der Waals surface area contributed by atoms with Crippen LogP contribution in [0.5, 0.6) is 0 Å². The molecule has 2 aromatic rings. The van der Waals surface area contributed by atoms with E-state index in [0.29, 0.717) is 22.4 Å². The van der Waals surface area contributed by atoms with E-state index in [1.54, 1.807) is 7.05 Å². The smallest absolute Gasteiger partial charge is 0.146 e. The van der Waals surface area contributed by atoms with Crippen LogP contribution in [0.15, 0.2) is 18.2 Å². The van der Waals surface area contributed by atoms with Crippen LogP contribution in [0.1, 0.15) is 31.2 Å². The highest BCUT2D eigenvalue weighted by Gasteiger charge is 2.14. The van der Waals surface area contributed by atoms with Crippen LogP contribution in [0.3, 0.4) is 0 Å². The maximum atomic E-state index is 13.8. The van der Waals surface area contributed by atoms with Crippen LogP contribution in [0.2, 0.25) is 5.02 Å². The van der Waals surface area contributed by atoms with Gasteiger partial charge in [0.1, 0.15) is 23.3 Å². The number of rotatable bonds is 4. The van der Waals surface area contributed by atoms with Crippen molar-refractivity contribution in [2.75, 3.05) is 17.7 Å². The van der Waals surface area contributed by atoms with E-state index in [0.717, 1.165) is 11.4 Å². The molecule has 4 nitrogen and oxygen atoms in total. The second kappa shape index (κ2) is 6.26. The van der Waals surface area contributed by atoms with Gasteiger partial charge < -0.3 is 10.6 Å². The van der Waals surface area contributed by atoms with Gasteiger partial charge in [0.15, 0.2) is 0 Å². The van der Waals surface area contributed by atoms with E-state index in [-0.39, 0.29) is 11.7 Å². The molecule has 0 aliphatic rings. The first-order chi connectivity index (χ1) is 9.92. The fraction of sp³-hybridized carbons (Fsp3) is 0.333. The van der Waals surface area contributed by atoms with Gasteiger partial charge in [0, 0.05) is 23.6 Å². The summed E-state index contributed by atoms with van der Waals surface area (Å²) in [5.41, 5.74) is 1.11. The minimum atomic E-state index is -0.380. The number of nitrogens with zero attached hydrogens (tertiary/aromatic N) is 2. The highest BCUT2D eigenvalue weighted by atomic mass is 35.5. The predicted molar refractivity (Wildman–Crippen MR) is 85.1 cm³/mol. The quantitative estimate of drug-likeness (QED) is 0.874. The molecule has 1 aromatic carbocycles. The zero-order chi connectivity index (χ0) is 15.6. The number of aromatic nitrogens is 2. The second-order valence-corrected chi connectivity index (χ2v) is 5.49. The van der Waals surface area contributed by atoms with Gasteiger partial charge in [-0.2, -0.15) is 0 Å². The summed E-state index contributed by atoms with van der Waals surface area (Å²) in [6, 6.07) is 4.36. The molecule has 0 fully saturated rings. The van der Waals surface area contributed by atoms with Crippen molar-refractivity contribution in [1.29, 1.82) is 0 Å². The third-order valence-corrected chi connectivity index (χ3v) is 3.33. The summed E-state index contributed by atoms with van der Waals surface area (Å²) in [4.78, 5) is 8.92. The molecular formula is C15H18ClFN4. The molecule has 1 heterocycles. The molecule has 0 radical (unpaired) electrons. The summed E-state index contributed by atoms with van der Waals surface area (Å²) in [5.74, 6) is 1.77. The van der Waals surface area contributed by atoms with Crippen LogP contribution in [-0.4, -0.2) is 17.0 Å². The van der Waals surface area contributed by atoms with E-state index in [4.69, 9.17) is 11.6 Å². The number of hydrogen-bond donors (Lipinski definition) is 2. The number of nitrogens with one attached hydrogen (secondary N) is 2. The fourth-order valence-corrected chi connectivity index (χ4v) is 2.05. The first-order valence-electron chi connectivity index (χ1n) is 6.70. The average Bonchev–Trinajstić information content (AvgIpc) is 2.44. The Morgan fingerprint density at radius 3 is 2.48 bits per heavy atom. The normalized spacial score (nSPS) is 10.8. The van der Waals surface area contributed by atoms with Gasteiger partial charge in [0.25, 0.3) is 0 Å². The molecule has 0 spiro atoms. The number of benzene rings is 1. The van der Waals surface area contributed by atoms with Gasteiger partial charge in [0.2, 0.25) is 0 Å². The monoisotopic (exact) mass is 308 g/mol. The molecule has 6 heteroatoms. The Labute approximate surface area is 128 Å². The van der Waals surface area contributed by atoms with Crippen molar-refractivity contribution in [3.8, 4) is 0 Å². The molecule has 0 saturated heterocycles. The maximum absolute atomic E-state index is 13.8. The topological polar surface area (TPSA) is 49.8 Å². The minimum absolute atomic E-state index is 0.169. The highest BCUT2D eigenvalue weighted by molar-refractivity contribution is 6.30. The first-order valence-corrected chi connectivity index (χ1v) is 7.08. The van der Waals surface area contributed by atoms with Crippen molar-refractivity contribution in [1.82, 2.24) is 9.97 Å². The van der Waals surface area contributed by atoms with E-state index in [9.17, 15) is 4.39 Å². The van der Waals surface area contributed by atoms with E-state index in [2.05, 4.69) is 20.6 Å². The Balaban J connectivity index is 2.47. The molecule has 0 aliphatic heterocycles. The van der Waals surface area contributed by atoms with E-state index < -0.39 is 0 Å². The lowest BCUT2D eigenvalue weighted by Gasteiger charge is -2.15. The summed E-state index contributed by atoms with van der Waals surface area (Å²) in [7, 11) is 1.79. The Kier molecular flexibility index (Phi) is 4.63. The molecule has 2 rings (SSSR count). The van der Waals surface area contributed by atoms with Gasteiger partial charge in [-0.25, -0.2) is 14.4 Å². The highest BCUT2D eigenvalue weighted by Crippen LogP contribution is 2.28. The predicted octanol–water partition coefficient (Wildman–Crippen LogP) is 4.49. The van der Waals surface area contributed by atoms with Crippen LogP contribution in [-0.2, 0) is 0 Å². The van der Waals surface area contributed by atoms with E-state index in [1.165, 1.54) is 18.2 Å². The van der Waals surface area contributed by atoms with Crippen LogP contribution >= 0.6 is 11.6 Å². The Morgan fingerprint density at radius 1 is 1.19 bits per heavy atom. The van der Waals surface area contributed by atoms with Crippen molar-refractivity contribution in [2.24, 2.45) is 0 Å². The summed E-state index contributed by atoms with van der Waals surface area (Å²) >= 11 is 5.91. The lowest BCUT2D eigenvalue weighted by molar-refractivity contribution is 0.631. The lowest BCUT2D eigenvalue weighted by atomic mass is 10.2. The molecule has 1 aromatic heterocycles. The van der Waals surface area contributed by atoms with Crippen LogP contribution in [0, 0.1) is 12.7 Å². The van der Waals surface area contributed by atoms with Gasteiger partial charge in [-0.3, -0.25) is 0 Å². The van der Waals surface area contributed by atoms with Crippen LogP contribution in [0.4, 0.5) is 21.7 Å². The molecule has 0 amide bonds. The number of halogens is 2. The van der Waals surface area contributed by atoms with Gasteiger partial charge in [0.05, 0.1) is 5.69 Å². The lowest BCUT2D eigenvalue weighted by Crippen LogP contribution is -2.08. The van der Waals surface area contributed by atoms with E-state index in [1.807, 2.05) is 20.8 Å². The van der Waals surface area contributed by atoms with Crippen molar-refractivity contribution in [3.63, 3.8) is 0 Å². The van der Waals surface area contributed by atoms with Gasteiger partial charge in [-0.05, 0) is 25.1 Å². The Hall–Kier alpha value is -1.88. The molecular weight excluding hydrogens is 291 g/mol. The third kappa shape index (κ3) is 3.42. The average molecular weight is 309 g/mol. The molecule has 21 heavy (non-hydrogen) atoms. The molecule has 0 atom stereocenters. The Bertz CT molecular complexity index is 658. The second-order valence-electron chi connectivity index (χ2n) is 5.06. The zero-order valence-corrected chi connectivity index (χ0v) is 13.2. The van der Waals surface area contributed by atoms with Gasteiger partial charge in [-0.15, -0.1) is 0 Å². The van der Waals surface area contributed by atoms with Gasteiger partial charge in [-0.1, -0.05) is 25.4 Å². The van der Waals surface area contributed by atoms with E-state index >= 15 is 0 Å². The van der Waals surface area contributed by atoms with Crippen molar-refractivity contribution >= 4 is 28.9 Å². The molecule has 0 unspecified atom stereocenters. The van der Waals surface area contributed by atoms with Crippen molar-refractivity contribution < 1.29 is 4.39 Å². The zero-order valence-electron chi connectivity index (χ0n) is 12.5. The van der Waals surface area contributed by atoms with Crippen molar-refractivity contribution in [2.45, 2.75) is 26.7 Å². The molecule has 112 valence electrons. The molecule has 0 aliphatic carbocycles. The number of anilines is 3. The molecule has 2 N–H and O–H groups in total.